The van der Waals surface area contributed by atoms with E-state index >= 15 is 0 Å². The largest absolute Gasteiger partial charge is 0.394 e. The molecule has 0 aromatic rings. The molecular weight excluding hydrogens is 159 g/mol. The van der Waals surface area contributed by atoms with Crippen molar-refractivity contribution in [2.24, 2.45) is 0 Å². The number of hydrogen-bond acceptors (Lipinski definition) is 4. The van der Waals surface area contributed by atoms with E-state index in [0.29, 0.717) is 0 Å². The Morgan fingerprint density at radius 2 is 1.92 bits per heavy atom. The summed E-state index contributed by atoms with van der Waals surface area (Å²) in [6.07, 6.45) is -0.961. The van der Waals surface area contributed by atoms with Crippen LogP contribution in [0.5, 0.6) is 0 Å². The molecule has 0 bridgehead atoms. The zero-order valence-corrected chi connectivity index (χ0v) is 7.27. The summed E-state index contributed by atoms with van der Waals surface area (Å²) in [6.45, 7) is -0.105. The minimum atomic E-state index is -0.517. The summed E-state index contributed by atoms with van der Waals surface area (Å²) in [5.41, 5.74) is 0. The van der Waals surface area contributed by atoms with E-state index in [1.165, 1.54) is 0 Å². The molecule has 12 heavy (non-hydrogen) atoms. The second-order valence-corrected chi connectivity index (χ2v) is 2.72. The van der Waals surface area contributed by atoms with Crippen molar-refractivity contribution in [3.8, 4) is 0 Å². The van der Waals surface area contributed by atoms with Crippen molar-refractivity contribution < 1.29 is 19.3 Å². The van der Waals surface area contributed by atoms with Crippen LogP contribution in [0, 0.1) is 0 Å². The Hall–Kier alpha value is -0.0951. The fourth-order valence-corrected chi connectivity index (χ4v) is 1.46. The summed E-state index contributed by atoms with van der Waals surface area (Å²) in [6, 6.07) is -0.517. The highest BCUT2D eigenvalue weighted by molar-refractivity contribution is 6.11. The van der Waals surface area contributed by atoms with Crippen molar-refractivity contribution in [3.63, 3.8) is 0 Å². The van der Waals surface area contributed by atoms with Crippen LogP contribution in [-0.4, -0.2) is 58.1 Å². The van der Waals surface area contributed by atoms with Crippen molar-refractivity contribution in [1.82, 2.24) is 0 Å². The average molecular weight is 172 g/mol. The standard InChI is InChI=1S/C7H13BO4/c1-10-5-4(3-9)12-7(8)6(5)11-2/h4-7,9H,3H2,1-2H3. The number of ether oxygens (including phenoxy) is 3. The highest BCUT2D eigenvalue weighted by Crippen LogP contribution is 2.23. The van der Waals surface area contributed by atoms with Crippen LogP contribution in [-0.2, 0) is 14.2 Å². The molecule has 68 valence electrons. The number of methoxy groups -OCH3 is 2. The minimum absolute atomic E-state index is 0.105. The van der Waals surface area contributed by atoms with Gasteiger partial charge in [-0.05, 0) is 0 Å². The van der Waals surface area contributed by atoms with Gasteiger partial charge in [0.2, 0.25) is 0 Å². The summed E-state index contributed by atoms with van der Waals surface area (Å²) in [5, 5.41) is 8.88. The van der Waals surface area contributed by atoms with Gasteiger partial charge >= 0.3 is 0 Å². The maximum Gasteiger partial charge on any atom is 0.113 e. The summed E-state index contributed by atoms with van der Waals surface area (Å²) in [7, 11) is 8.67. The average Bonchev–Trinajstić information content (AvgIpc) is 2.40. The van der Waals surface area contributed by atoms with Crippen molar-refractivity contribution in [2.75, 3.05) is 20.8 Å². The predicted molar refractivity (Wildman–Crippen MR) is 43.1 cm³/mol. The molecule has 1 fully saturated rings. The fraction of sp³-hybridized carbons (Fsp3) is 1.00. The number of rotatable bonds is 3. The Labute approximate surface area is 73.2 Å². The topological polar surface area (TPSA) is 47.9 Å². The second kappa shape index (κ2) is 4.23. The summed E-state index contributed by atoms with van der Waals surface area (Å²) in [4.78, 5) is 0. The van der Waals surface area contributed by atoms with E-state index in [-0.39, 0.29) is 24.9 Å². The molecule has 1 aliphatic rings. The molecule has 0 aromatic carbocycles. The molecule has 1 rings (SSSR count). The molecule has 0 aliphatic carbocycles. The lowest BCUT2D eigenvalue weighted by Crippen LogP contribution is -2.37. The second-order valence-electron chi connectivity index (χ2n) is 2.72. The van der Waals surface area contributed by atoms with Crippen LogP contribution in [0.1, 0.15) is 0 Å². The Kier molecular flexibility index (Phi) is 3.52. The lowest BCUT2D eigenvalue weighted by atomic mass is 9.93. The lowest BCUT2D eigenvalue weighted by molar-refractivity contribution is -0.0395. The van der Waals surface area contributed by atoms with E-state index in [1.54, 1.807) is 14.2 Å². The molecule has 2 radical (unpaired) electrons. The monoisotopic (exact) mass is 172 g/mol. The van der Waals surface area contributed by atoms with Crippen molar-refractivity contribution in [3.05, 3.63) is 0 Å². The van der Waals surface area contributed by atoms with Gasteiger partial charge in [0.1, 0.15) is 26.2 Å². The van der Waals surface area contributed by atoms with E-state index in [0.717, 1.165) is 0 Å². The van der Waals surface area contributed by atoms with Crippen LogP contribution in [0.3, 0.4) is 0 Å². The van der Waals surface area contributed by atoms with E-state index in [1.807, 2.05) is 0 Å². The first kappa shape index (κ1) is 9.99. The van der Waals surface area contributed by atoms with Crippen LogP contribution in [0.2, 0.25) is 0 Å². The third-order valence-electron chi connectivity index (χ3n) is 2.07. The molecule has 0 saturated carbocycles. The SMILES string of the molecule is [B]C1OC(CO)C(OC)C1OC. The molecule has 0 aromatic heterocycles. The zero-order valence-electron chi connectivity index (χ0n) is 7.27. The molecule has 1 saturated heterocycles. The van der Waals surface area contributed by atoms with Gasteiger partial charge < -0.3 is 19.3 Å². The fourth-order valence-electron chi connectivity index (χ4n) is 1.46. The van der Waals surface area contributed by atoms with Gasteiger partial charge in [-0.2, -0.15) is 0 Å². The van der Waals surface area contributed by atoms with Crippen LogP contribution < -0.4 is 0 Å². The summed E-state index contributed by atoms with van der Waals surface area (Å²) in [5.74, 6) is 0. The summed E-state index contributed by atoms with van der Waals surface area (Å²) >= 11 is 0. The molecule has 4 atom stereocenters. The van der Waals surface area contributed by atoms with E-state index in [4.69, 9.17) is 27.2 Å². The first-order valence-corrected chi connectivity index (χ1v) is 3.82. The molecule has 5 heteroatoms. The quantitative estimate of drug-likeness (QED) is 0.549. The maximum atomic E-state index is 8.88. The van der Waals surface area contributed by atoms with Crippen molar-refractivity contribution >= 4 is 7.85 Å². The van der Waals surface area contributed by atoms with Gasteiger partial charge in [0.25, 0.3) is 0 Å². The first-order valence-electron chi connectivity index (χ1n) is 3.82. The number of aliphatic hydroxyl groups is 1. The number of aliphatic hydroxyl groups excluding tert-OH is 1. The first-order chi connectivity index (χ1) is 5.74. The Balaban J connectivity index is 2.61. The minimum Gasteiger partial charge on any atom is -0.394 e. The van der Waals surface area contributed by atoms with E-state index < -0.39 is 6.00 Å². The van der Waals surface area contributed by atoms with Gasteiger partial charge in [0.05, 0.1) is 6.61 Å². The van der Waals surface area contributed by atoms with Gasteiger partial charge in [0, 0.05) is 20.2 Å². The normalized spacial score (nSPS) is 41.9. The third kappa shape index (κ3) is 1.64. The van der Waals surface area contributed by atoms with Crippen LogP contribution in [0.25, 0.3) is 0 Å². The molecule has 0 spiro atoms. The molecule has 4 unspecified atom stereocenters. The highest BCUT2D eigenvalue weighted by Gasteiger charge is 2.41. The maximum absolute atomic E-state index is 8.88. The lowest BCUT2D eigenvalue weighted by Gasteiger charge is -2.19. The predicted octanol–water partition coefficient (Wildman–Crippen LogP) is -1.10. The van der Waals surface area contributed by atoms with Crippen LogP contribution in [0.4, 0.5) is 0 Å². The third-order valence-corrected chi connectivity index (χ3v) is 2.07. The van der Waals surface area contributed by atoms with Crippen LogP contribution in [0.15, 0.2) is 0 Å². The van der Waals surface area contributed by atoms with Gasteiger partial charge in [-0.3, -0.25) is 0 Å². The van der Waals surface area contributed by atoms with Gasteiger partial charge in [-0.15, -0.1) is 0 Å². The Morgan fingerprint density at radius 3 is 2.33 bits per heavy atom. The molecule has 1 heterocycles. The van der Waals surface area contributed by atoms with E-state index in [2.05, 4.69) is 0 Å². The van der Waals surface area contributed by atoms with Crippen LogP contribution >= 0.6 is 0 Å². The van der Waals surface area contributed by atoms with E-state index in [9.17, 15) is 0 Å². The smallest absolute Gasteiger partial charge is 0.113 e. The van der Waals surface area contributed by atoms with Gasteiger partial charge in [0.15, 0.2) is 0 Å². The molecule has 1 aliphatic heterocycles. The Bertz CT molecular complexity index is 143. The molecule has 0 amide bonds. The molecule has 1 N–H and O–H groups in total. The zero-order chi connectivity index (χ0) is 9.14. The molecule has 4 nitrogen and oxygen atoms in total. The molecular formula is C7H13BO4. The highest BCUT2D eigenvalue weighted by atomic mass is 16.6. The van der Waals surface area contributed by atoms with Gasteiger partial charge in [-0.1, -0.05) is 0 Å². The van der Waals surface area contributed by atoms with Gasteiger partial charge in [-0.25, -0.2) is 0 Å². The van der Waals surface area contributed by atoms with Crippen molar-refractivity contribution in [1.29, 1.82) is 0 Å². The summed E-state index contributed by atoms with van der Waals surface area (Å²) < 4.78 is 15.4. The van der Waals surface area contributed by atoms with Crippen molar-refractivity contribution in [2.45, 2.75) is 24.3 Å². The number of hydrogen-bond donors (Lipinski definition) is 1. The Morgan fingerprint density at radius 1 is 1.33 bits per heavy atom.